The third kappa shape index (κ3) is 4.37. The molecule has 0 atom stereocenters. The first kappa shape index (κ1) is 17.9. The fourth-order valence-corrected chi connectivity index (χ4v) is 3.01. The Balaban J connectivity index is 1.48. The van der Waals surface area contributed by atoms with Crippen molar-refractivity contribution in [1.82, 2.24) is 4.90 Å². The quantitative estimate of drug-likeness (QED) is 0.763. The monoisotopic (exact) mass is 356 g/mol. The van der Waals surface area contributed by atoms with Crippen molar-refractivity contribution in [3.63, 3.8) is 0 Å². The Kier molecular flexibility index (Phi) is 5.48. The molecule has 1 aliphatic rings. The average Bonchev–Trinajstić information content (AvgIpc) is 3.16. The maximum absolute atomic E-state index is 12.3. The Morgan fingerprint density at radius 1 is 1.15 bits per heavy atom. The summed E-state index contributed by atoms with van der Waals surface area (Å²) in [6.07, 6.45) is 1.49. The third-order valence-corrected chi connectivity index (χ3v) is 4.45. The van der Waals surface area contributed by atoms with Crippen LogP contribution in [0.1, 0.15) is 27.8 Å². The predicted octanol–water partition coefficient (Wildman–Crippen LogP) is 0.462. The number of nitrogens with zero attached hydrogens (tertiary/aromatic N) is 1. The number of benzene rings is 1. The number of hydrogen-bond donors (Lipinski definition) is 2. The van der Waals surface area contributed by atoms with Crippen LogP contribution in [0.3, 0.4) is 0 Å². The molecule has 2 heterocycles. The molecule has 1 saturated heterocycles. The second-order valence-electron chi connectivity index (χ2n) is 6.38. The maximum atomic E-state index is 12.3. The van der Waals surface area contributed by atoms with E-state index in [1.807, 2.05) is 0 Å². The normalized spacial score (nSPS) is 14.9. The van der Waals surface area contributed by atoms with Crippen LogP contribution >= 0.6 is 0 Å². The van der Waals surface area contributed by atoms with Crippen molar-refractivity contribution in [3.05, 3.63) is 54.0 Å². The van der Waals surface area contributed by atoms with Crippen LogP contribution in [0.25, 0.3) is 0 Å². The SMILES string of the molecule is CC(=O)c1cccc(NC(=O)C[NH+]2CCN(C(=O)c3ccco3)CC2)c1. The molecule has 1 aromatic carbocycles. The van der Waals surface area contributed by atoms with Crippen LogP contribution in [-0.2, 0) is 4.79 Å². The van der Waals surface area contributed by atoms with Crippen molar-refractivity contribution < 1.29 is 23.7 Å². The van der Waals surface area contributed by atoms with Crippen LogP contribution in [0.5, 0.6) is 0 Å². The van der Waals surface area contributed by atoms with Crippen molar-refractivity contribution in [2.45, 2.75) is 6.92 Å². The number of furan rings is 1. The van der Waals surface area contributed by atoms with Crippen LogP contribution in [0.2, 0.25) is 0 Å². The van der Waals surface area contributed by atoms with E-state index >= 15 is 0 Å². The Morgan fingerprint density at radius 2 is 1.92 bits per heavy atom. The lowest BCUT2D eigenvalue weighted by atomic mass is 10.1. The van der Waals surface area contributed by atoms with Crippen molar-refractivity contribution in [1.29, 1.82) is 0 Å². The molecule has 0 bridgehead atoms. The smallest absolute Gasteiger partial charge is 0.289 e. The van der Waals surface area contributed by atoms with E-state index in [1.165, 1.54) is 13.2 Å². The number of ketones is 1. The number of hydrogen-bond acceptors (Lipinski definition) is 4. The highest BCUT2D eigenvalue weighted by atomic mass is 16.3. The number of rotatable bonds is 5. The Bertz CT molecular complexity index is 793. The Labute approximate surface area is 151 Å². The zero-order valence-electron chi connectivity index (χ0n) is 14.7. The number of carbonyl (C=O) groups excluding carboxylic acids is 3. The van der Waals surface area contributed by atoms with Crippen molar-refractivity contribution >= 4 is 23.3 Å². The van der Waals surface area contributed by atoms with Gasteiger partial charge in [0, 0.05) is 11.3 Å². The number of amides is 2. The molecular weight excluding hydrogens is 334 g/mol. The number of nitrogens with one attached hydrogen (secondary N) is 2. The van der Waals surface area contributed by atoms with Crippen molar-refractivity contribution in [2.24, 2.45) is 0 Å². The third-order valence-electron chi connectivity index (χ3n) is 4.45. The fraction of sp³-hybridized carbons (Fsp3) is 0.316. The van der Waals surface area contributed by atoms with Crippen LogP contribution in [0.15, 0.2) is 47.1 Å². The Hall–Kier alpha value is -2.93. The van der Waals surface area contributed by atoms with Crippen molar-refractivity contribution in [2.75, 3.05) is 38.0 Å². The summed E-state index contributed by atoms with van der Waals surface area (Å²) in [5, 5.41) is 2.83. The summed E-state index contributed by atoms with van der Waals surface area (Å²) in [5.41, 5.74) is 1.19. The first-order chi connectivity index (χ1) is 12.5. The van der Waals surface area contributed by atoms with E-state index in [9.17, 15) is 14.4 Å². The summed E-state index contributed by atoms with van der Waals surface area (Å²) in [6.45, 7) is 4.40. The zero-order chi connectivity index (χ0) is 18.5. The minimum Gasteiger partial charge on any atom is -0.459 e. The molecule has 0 saturated carbocycles. The molecule has 1 aliphatic heterocycles. The highest BCUT2D eigenvalue weighted by Gasteiger charge is 2.27. The lowest BCUT2D eigenvalue weighted by molar-refractivity contribution is -0.895. The number of carbonyl (C=O) groups is 3. The van der Waals surface area contributed by atoms with Gasteiger partial charge in [-0.1, -0.05) is 12.1 Å². The lowest BCUT2D eigenvalue weighted by Gasteiger charge is -2.31. The van der Waals surface area contributed by atoms with E-state index in [0.29, 0.717) is 49.7 Å². The summed E-state index contributed by atoms with van der Waals surface area (Å²) >= 11 is 0. The first-order valence-electron chi connectivity index (χ1n) is 8.60. The molecule has 0 unspecified atom stereocenters. The van der Waals surface area contributed by atoms with Gasteiger partial charge in [0.25, 0.3) is 11.8 Å². The van der Waals surface area contributed by atoms with E-state index in [2.05, 4.69) is 5.32 Å². The van der Waals surface area contributed by atoms with Gasteiger partial charge in [0.05, 0.1) is 32.4 Å². The Morgan fingerprint density at radius 3 is 2.58 bits per heavy atom. The van der Waals surface area contributed by atoms with Gasteiger partial charge in [0.1, 0.15) is 0 Å². The number of Topliss-reactive ketones (excluding diaryl/α,β-unsaturated/α-hetero) is 1. The summed E-state index contributed by atoms with van der Waals surface area (Å²) in [5.74, 6) is 0.0895. The van der Waals surface area contributed by atoms with Crippen LogP contribution < -0.4 is 10.2 Å². The van der Waals surface area contributed by atoms with E-state index < -0.39 is 0 Å². The summed E-state index contributed by atoms with van der Waals surface area (Å²) in [4.78, 5) is 38.8. The molecule has 0 spiro atoms. The van der Waals surface area contributed by atoms with E-state index in [1.54, 1.807) is 41.3 Å². The average molecular weight is 356 g/mol. The molecule has 1 fully saturated rings. The second-order valence-corrected chi connectivity index (χ2v) is 6.38. The number of quaternary nitrogens is 1. The van der Waals surface area contributed by atoms with E-state index in [-0.39, 0.29) is 17.6 Å². The molecule has 1 aromatic heterocycles. The van der Waals surface area contributed by atoms with Gasteiger partial charge in [-0.2, -0.15) is 0 Å². The zero-order valence-corrected chi connectivity index (χ0v) is 14.7. The number of piperazine rings is 1. The first-order valence-corrected chi connectivity index (χ1v) is 8.60. The fourth-order valence-electron chi connectivity index (χ4n) is 3.01. The molecule has 2 amide bonds. The molecule has 7 heteroatoms. The van der Waals surface area contributed by atoms with Gasteiger partial charge in [-0.3, -0.25) is 14.4 Å². The van der Waals surface area contributed by atoms with Gasteiger partial charge in [0.15, 0.2) is 18.1 Å². The highest BCUT2D eigenvalue weighted by molar-refractivity contribution is 5.97. The topological polar surface area (TPSA) is 84.1 Å². The molecule has 0 aliphatic carbocycles. The minimum absolute atomic E-state index is 0.0379. The lowest BCUT2D eigenvalue weighted by Crippen LogP contribution is -3.15. The summed E-state index contributed by atoms with van der Waals surface area (Å²) in [7, 11) is 0. The molecule has 26 heavy (non-hydrogen) atoms. The van der Waals surface area contributed by atoms with E-state index in [0.717, 1.165) is 4.90 Å². The molecule has 0 radical (unpaired) electrons. The second kappa shape index (κ2) is 7.97. The van der Waals surface area contributed by atoms with Crippen LogP contribution in [0, 0.1) is 0 Å². The highest BCUT2D eigenvalue weighted by Crippen LogP contribution is 2.11. The van der Waals surface area contributed by atoms with Gasteiger partial charge < -0.3 is 19.5 Å². The van der Waals surface area contributed by atoms with Crippen LogP contribution in [0.4, 0.5) is 5.69 Å². The molecule has 136 valence electrons. The largest absolute Gasteiger partial charge is 0.459 e. The predicted molar refractivity (Wildman–Crippen MR) is 95.3 cm³/mol. The number of anilines is 1. The standard InChI is InChI=1S/C19H21N3O4/c1-14(23)15-4-2-5-16(12-15)20-18(24)13-21-7-9-22(10-8-21)19(25)17-6-3-11-26-17/h2-6,11-12H,7-10,13H2,1H3,(H,20,24)/p+1. The van der Waals surface area contributed by atoms with Gasteiger partial charge in [-0.15, -0.1) is 0 Å². The van der Waals surface area contributed by atoms with Crippen LogP contribution in [-0.4, -0.2) is 55.2 Å². The van der Waals surface area contributed by atoms with Crippen molar-refractivity contribution in [3.8, 4) is 0 Å². The van der Waals surface area contributed by atoms with Gasteiger partial charge >= 0.3 is 0 Å². The minimum atomic E-state index is -0.112. The van der Waals surface area contributed by atoms with Gasteiger partial charge in [0.2, 0.25) is 0 Å². The van der Waals surface area contributed by atoms with E-state index in [4.69, 9.17) is 4.42 Å². The molecule has 2 N–H and O–H groups in total. The summed E-state index contributed by atoms with van der Waals surface area (Å²) < 4.78 is 5.15. The van der Waals surface area contributed by atoms with Gasteiger partial charge in [-0.25, -0.2) is 0 Å². The molecule has 3 rings (SSSR count). The van der Waals surface area contributed by atoms with Gasteiger partial charge in [-0.05, 0) is 31.2 Å². The molecule has 7 nitrogen and oxygen atoms in total. The molecular formula is C19H22N3O4+. The molecule has 2 aromatic rings. The maximum Gasteiger partial charge on any atom is 0.289 e. The summed E-state index contributed by atoms with van der Waals surface area (Å²) in [6, 6.07) is 10.3.